The summed E-state index contributed by atoms with van der Waals surface area (Å²) in [6.07, 6.45) is 3.00. The smallest absolute Gasteiger partial charge is 0.164 e. The van der Waals surface area contributed by atoms with Crippen molar-refractivity contribution in [1.29, 1.82) is 0 Å². The Labute approximate surface area is 261 Å². The number of aromatic nitrogens is 2. The van der Waals surface area contributed by atoms with E-state index in [1.807, 2.05) is 41.5 Å². The van der Waals surface area contributed by atoms with Crippen LogP contribution in [0.4, 0.5) is 0 Å². The Bertz CT molecular complexity index is 1710. The van der Waals surface area contributed by atoms with Crippen LogP contribution in [0.3, 0.4) is 0 Å². The van der Waals surface area contributed by atoms with Gasteiger partial charge in [0.1, 0.15) is 12.1 Å². The first kappa shape index (κ1) is 32.6. The van der Waals surface area contributed by atoms with E-state index in [1.165, 1.54) is 32.5 Å². The predicted octanol–water partition coefficient (Wildman–Crippen LogP) is 9.85. The molecule has 1 radical (unpaired) electrons. The maximum absolute atomic E-state index is 11.5. The predicted molar refractivity (Wildman–Crippen MR) is 170 cm³/mol. The first-order valence-corrected chi connectivity index (χ1v) is 14.4. The fraction of sp³-hybridized carbons (Fsp3) is 0.343. The molecule has 6 heteroatoms. The van der Waals surface area contributed by atoms with Gasteiger partial charge in [0.15, 0.2) is 5.78 Å². The minimum atomic E-state index is -0.417. The Kier molecular flexibility index (Phi) is 9.64. The molecule has 0 saturated heterocycles. The van der Waals surface area contributed by atoms with Crippen LogP contribution in [0.15, 0.2) is 72.8 Å². The van der Waals surface area contributed by atoms with E-state index >= 15 is 0 Å². The van der Waals surface area contributed by atoms with Crippen LogP contribution in [-0.4, -0.2) is 20.9 Å². The van der Waals surface area contributed by atoms with Crippen LogP contribution in [-0.2, 0) is 30.3 Å². The van der Waals surface area contributed by atoms with Crippen molar-refractivity contribution in [2.75, 3.05) is 0 Å². The molecule has 5 aromatic rings. The second kappa shape index (κ2) is 12.1. The van der Waals surface area contributed by atoms with Crippen molar-refractivity contribution in [1.82, 2.24) is 9.97 Å². The van der Waals surface area contributed by atoms with Gasteiger partial charge in [0.2, 0.25) is 0 Å². The van der Waals surface area contributed by atoms with E-state index in [2.05, 4.69) is 91.4 Å². The fourth-order valence-corrected chi connectivity index (χ4v) is 5.38. The van der Waals surface area contributed by atoms with Crippen LogP contribution in [0.25, 0.3) is 42.3 Å². The third kappa shape index (κ3) is 7.30. The molecule has 5 rings (SSSR count). The topological polar surface area (TPSA) is 63.1 Å². The minimum absolute atomic E-state index is 0. The molecule has 1 N–H and O–H groups in total. The Balaban J connectivity index is 0.000000284. The minimum Gasteiger partial charge on any atom is -0.512 e. The van der Waals surface area contributed by atoms with Crippen LogP contribution in [0, 0.1) is 16.9 Å². The largest absolute Gasteiger partial charge is 0.512 e. The van der Waals surface area contributed by atoms with Gasteiger partial charge in [-0.25, -0.2) is 4.98 Å². The number of rotatable bonds is 2. The number of nitrogens with zero attached hydrogens (tertiary/aromatic N) is 2. The molecular weight excluding hydrogens is 705 g/mol. The summed E-state index contributed by atoms with van der Waals surface area (Å²) in [5, 5.41) is 13.3. The van der Waals surface area contributed by atoms with E-state index < -0.39 is 5.41 Å². The van der Waals surface area contributed by atoms with Gasteiger partial charge in [0.05, 0.1) is 5.52 Å². The fourth-order valence-electron chi connectivity index (χ4n) is 4.09. The molecule has 0 atom stereocenters. The molecule has 0 aliphatic rings. The average molecular weight is 744 g/mol. The first-order chi connectivity index (χ1) is 18.6. The Morgan fingerprint density at radius 1 is 0.829 bits per heavy atom. The van der Waals surface area contributed by atoms with Gasteiger partial charge in [0, 0.05) is 57.5 Å². The van der Waals surface area contributed by atoms with Gasteiger partial charge in [-0.1, -0.05) is 98.7 Å². The van der Waals surface area contributed by atoms with Gasteiger partial charge in [-0.15, -0.1) is 46.7 Å². The van der Waals surface area contributed by atoms with Crippen molar-refractivity contribution in [3.05, 3.63) is 84.4 Å². The zero-order valence-corrected chi connectivity index (χ0v) is 28.6. The zero-order chi connectivity index (χ0) is 29.5. The van der Waals surface area contributed by atoms with Crippen molar-refractivity contribution in [3.63, 3.8) is 0 Å². The van der Waals surface area contributed by atoms with E-state index in [9.17, 15) is 9.90 Å². The second-order valence-electron chi connectivity index (χ2n) is 13.3. The van der Waals surface area contributed by atoms with E-state index in [1.54, 1.807) is 17.7 Å². The molecule has 0 aliphatic heterocycles. The van der Waals surface area contributed by atoms with Crippen LogP contribution >= 0.6 is 11.3 Å². The maximum atomic E-state index is 11.5. The summed E-state index contributed by atoms with van der Waals surface area (Å²) in [7, 11) is 0. The molecule has 0 saturated carbocycles. The average Bonchev–Trinajstić information content (AvgIpc) is 3.27. The first-order valence-electron chi connectivity index (χ1n) is 13.6. The molecule has 4 nitrogen and oxygen atoms in total. The molecule has 0 unspecified atom stereocenters. The van der Waals surface area contributed by atoms with Gasteiger partial charge >= 0.3 is 0 Å². The van der Waals surface area contributed by atoms with Gasteiger partial charge in [-0.3, -0.25) is 9.78 Å². The number of aliphatic hydroxyl groups is 1. The molecule has 41 heavy (non-hydrogen) atoms. The number of aliphatic hydroxyl groups excluding tert-OH is 1. The number of ketones is 1. The third-order valence-corrected chi connectivity index (χ3v) is 8.09. The summed E-state index contributed by atoms with van der Waals surface area (Å²) in [5.74, 6) is 0.104. The molecular formula is C35H39IrN2O2S-. The van der Waals surface area contributed by atoms with Crippen LogP contribution < -0.4 is 0 Å². The quantitative estimate of drug-likeness (QED) is 0.111. The van der Waals surface area contributed by atoms with E-state index in [-0.39, 0.29) is 42.5 Å². The van der Waals surface area contributed by atoms with E-state index in [0.29, 0.717) is 0 Å². The van der Waals surface area contributed by atoms with E-state index in [0.717, 1.165) is 21.5 Å². The Hall–Kier alpha value is -2.92. The van der Waals surface area contributed by atoms with Gasteiger partial charge in [0.25, 0.3) is 0 Å². The third-order valence-electron chi connectivity index (χ3n) is 6.85. The maximum Gasteiger partial charge on any atom is 0.164 e. The van der Waals surface area contributed by atoms with E-state index in [4.69, 9.17) is 0 Å². The normalized spacial score (nSPS) is 12.7. The standard InChI is InChI=1S/C24H19N2S.C11H20O2.Ir/c1-24(2,3)17-11-8-16(9-12-17)20-23-21(26-14-25-20)19-13-10-15-6-4-5-7-18(15)22(19)27-23;1-10(2,3)8(12)7-9(13)11(4,5)6;/h4-8,10-14H,1-3H3;7,12H,1-6H3;/q-1;;/b;8-7-;. The van der Waals surface area contributed by atoms with Crippen molar-refractivity contribution in [3.8, 4) is 11.3 Å². The molecule has 0 aliphatic carbocycles. The second-order valence-corrected chi connectivity index (χ2v) is 14.3. The number of hydrogen-bond acceptors (Lipinski definition) is 5. The van der Waals surface area contributed by atoms with Crippen LogP contribution in [0.5, 0.6) is 0 Å². The number of carbonyl (C=O) groups excluding carboxylic acids is 1. The molecule has 0 spiro atoms. The zero-order valence-electron chi connectivity index (χ0n) is 25.3. The number of allylic oxidation sites excluding steroid dienone is 2. The van der Waals surface area contributed by atoms with Gasteiger partial charge in [-0.2, -0.15) is 0 Å². The summed E-state index contributed by atoms with van der Waals surface area (Å²) in [6.45, 7) is 17.8. The Morgan fingerprint density at radius 2 is 1.51 bits per heavy atom. The summed E-state index contributed by atoms with van der Waals surface area (Å²) < 4.78 is 2.40. The number of fused-ring (bicyclic) bond motifs is 5. The Morgan fingerprint density at radius 3 is 2.10 bits per heavy atom. The number of carbonyl (C=O) groups is 1. The number of benzene rings is 3. The monoisotopic (exact) mass is 744 g/mol. The van der Waals surface area contributed by atoms with Crippen molar-refractivity contribution >= 4 is 48.2 Å². The molecule has 3 aromatic carbocycles. The SMILES string of the molecule is CC(C)(C)C(=O)/C=C(\O)C(C)(C)C.CC(C)(C)c1c[c-]c(-c2ncnc3c2sc2c4ccccc4ccc32)cc1.[Ir]. The molecule has 0 fully saturated rings. The van der Waals surface area contributed by atoms with Crippen molar-refractivity contribution in [2.45, 2.75) is 67.7 Å². The molecule has 2 heterocycles. The molecule has 0 bridgehead atoms. The van der Waals surface area contributed by atoms with Gasteiger partial charge < -0.3 is 5.11 Å². The number of hydrogen-bond donors (Lipinski definition) is 1. The van der Waals surface area contributed by atoms with Gasteiger partial charge in [-0.05, 0) is 16.2 Å². The summed E-state index contributed by atoms with van der Waals surface area (Å²) in [5.41, 5.74) is 3.64. The summed E-state index contributed by atoms with van der Waals surface area (Å²) in [6, 6.07) is 22.7. The van der Waals surface area contributed by atoms with Crippen molar-refractivity contribution < 1.29 is 30.0 Å². The summed E-state index contributed by atoms with van der Waals surface area (Å²) >= 11 is 1.78. The molecule has 2 aromatic heterocycles. The molecule has 217 valence electrons. The van der Waals surface area contributed by atoms with Crippen LogP contribution in [0.2, 0.25) is 0 Å². The summed E-state index contributed by atoms with van der Waals surface area (Å²) in [4.78, 5) is 20.7. The molecule has 0 amide bonds. The number of thiophene rings is 1. The van der Waals surface area contributed by atoms with Crippen molar-refractivity contribution in [2.24, 2.45) is 10.8 Å². The van der Waals surface area contributed by atoms with Crippen LogP contribution in [0.1, 0.15) is 67.9 Å².